The Morgan fingerprint density at radius 1 is 1.33 bits per heavy atom. The second-order valence-corrected chi connectivity index (χ2v) is 5.03. The summed E-state index contributed by atoms with van der Waals surface area (Å²) in [5.41, 5.74) is 0.841. The van der Waals surface area contributed by atoms with Gasteiger partial charge in [0, 0.05) is 18.1 Å². The van der Waals surface area contributed by atoms with Gasteiger partial charge >= 0.3 is 0 Å². The van der Waals surface area contributed by atoms with E-state index in [9.17, 15) is 8.78 Å². The van der Waals surface area contributed by atoms with Crippen molar-refractivity contribution < 1.29 is 8.78 Å². The highest BCUT2D eigenvalue weighted by atomic mass is 35.5. The number of halogens is 3. The maximum Gasteiger partial charge on any atom is 0.209 e. The molecular formula is C13H12ClF2N5. The standard InChI is InChI=1S/C13H12ClF2N5/c14-9-7-8-3-6-21(5-2-1-4-15)12(8)10(11(9)16)13-17-19-20-18-13/h3,6-7H,1-2,4-5H2,(H,17,18,19,20). The van der Waals surface area contributed by atoms with Gasteiger partial charge in [-0.25, -0.2) is 4.39 Å². The highest BCUT2D eigenvalue weighted by Crippen LogP contribution is 2.34. The summed E-state index contributed by atoms with van der Waals surface area (Å²) in [4.78, 5) is 0. The number of nitrogens with one attached hydrogen (secondary N) is 1. The molecule has 0 amide bonds. The van der Waals surface area contributed by atoms with Gasteiger partial charge in [-0.15, -0.1) is 10.2 Å². The Kier molecular flexibility index (Phi) is 3.83. The number of hydrogen-bond donors (Lipinski definition) is 1. The zero-order valence-corrected chi connectivity index (χ0v) is 11.7. The first kappa shape index (κ1) is 13.9. The van der Waals surface area contributed by atoms with E-state index in [0.29, 0.717) is 24.9 Å². The Hall–Kier alpha value is -2.02. The molecule has 0 bridgehead atoms. The van der Waals surface area contributed by atoms with Gasteiger partial charge in [0.15, 0.2) is 5.82 Å². The van der Waals surface area contributed by atoms with Crippen molar-refractivity contribution in [1.29, 1.82) is 0 Å². The van der Waals surface area contributed by atoms with Crippen molar-refractivity contribution in [2.75, 3.05) is 6.67 Å². The molecule has 110 valence electrons. The number of aryl methyl sites for hydroxylation is 1. The molecule has 3 rings (SSSR count). The van der Waals surface area contributed by atoms with Gasteiger partial charge in [-0.2, -0.15) is 5.21 Å². The van der Waals surface area contributed by atoms with Crippen LogP contribution in [0.15, 0.2) is 18.3 Å². The summed E-state index contributed by atoms with van der Waals surface area (Å²) >= 11 is 5.93. The number of benzene rings is 1. The number of hydrogen-bond acceptors (Lipinski definition) is 3. The molecular weight excluding hydrogens is 300 g/mol. The second-order valence-electron chi connectivity index (χ2n) is 4.63. The van der Waals surface area contributed by atoms with Gasteiger partial charge in [0.25, 0.3) is 0 Å². The number of aromatic amines is 1. The first-order chi connectivity index (χ1) is 10.2. The van der Waals surface area contributed by atoms with Crippen molar-refractivity contribution in [2.45, 2.75) is 19.4 Å². The minimum Gasteiger partial charge on any atom is -0.347 e. The SMILES string of the molecule is FCCCCn1ccc2cc(Cl)c(F)c(-c3nn[nH]n3)c21. The molecule has 8 heteroatoms. The lowest BCUT2D eigenvalue weighted by Gasteiger charge is -2.09. The average molecular weight is 312 g/mol. The van der Waals surface area contributed by atoms with Crippen LogP contribution in [0.5, 0.6) is 0 Å². The second kappa shape index (κ2) is 5.77. The first-order valence-corrected chi connectivity index (χ1v) is 6.87. The van der Waals surface area contributed by atoms with Gasteiger partial charge in [-0.05, 0) is 30.2 Å². The number of nitrogens with zero attached hydrogens (tertiary/aromatic N) is 4. The van der Waals surface area contributed by atoms with Crippen LogP contribution in [-0.2, 0) is 6.54 Å². The zero-order valence-electron chi connectivity index (χ0n) is 11.0. The van der Waals surface area contributed by atoms with Crippen molar-refractivity contribution in [2.24, 2.45) is 0 Å². The highest BCUT2D eigenvalue weighted by Gasteiger charge is 2.20. The van der Waals surface area contributed by atoms with E-state index >= 15 is 0 Å². The zero-order chi connectivity index (χ0) is 14.8. The van der Waals surface area contributed by atoms with E-state index in [-0.39, 0.29) is 23.1 Å². The summed E-state index contributed by atoms with van der Waals surface area (Å²) < 4.78 is 28.5. The first-order valence-electron chi connectivity index (χ1n) is 6.49. The van der Waals surface area contributed by atoms with Gasteiger partial charge < -0.3 is 4.57 Å². The summed E-state index contributed by atoms with van der Waals surface area (Å²) in [5, 5.41) is 14.2. The lowest BCUT2D eigenvalue weighted by Crippen LogP contribution is -2.00. The number of unbranched alkanes of at least 4 members (excludes halogenated alkanes) is 1. The maximum absolute atomic E-state index is 14.4. The fourth-order valence-corrected chi connectivity index (χ4v) is 2.56. The Bertz CT molecular complexity index is 754. The van der Waals surface area contributed by atoms with Gasteiger partial charge in [0.1, 0.15) is 0 Å². The van der Waals surface area contributed by atoms with E-state index < -0.39 is 5.82 Å². The molecule has 0 radical (unpaired) electrons. The quantitative estimate of drug-likeness (QED) is 0.735. The molecule has 0 saturated carbocycles. The van der Waals surface area contributed by atoms with E-state index in [0.717, 1.165) is 5.39 Å². The van der Waals surface area contributed by atoms with Crippen molar-refractivity contribution in [3.05, 3.63) is 29.2 Å². The van der Waals surface area contributed by atoms with Gasteiger partial charge in [0.2, 0.25) is 5.82 Å². The van der Waals surface area contributed by atoms with E-state index in [1.165, 1.54) is 0 Å². The number of fused-ring (bicyclic) bond motifs is 1. The van der Waals surface area contributed by atoms with Crippen molar-refractivity contribution in [1.82, 2.24) is 25.2 Å². The van der Waals surface area contributed by atoms with Crippen LogP contribution in [0.2, 0.25) is 5.02 Å². The third kappa shape index (κ3) is 2.49. The van der Waals surface area contributed by atoms with E-state index in [1.54, 1.807) is 6.07 Å². The van der Waals surface area contributed by atoms with Gasteiger partial charge in [0.05, 0.1) is 22.8 Å². The predicted octanol–water partition coefficient (Wildman–Crippen LogP) is 3.36. The molecule has 0 fully saturated rings. The molecule has 5 nitrogen and oxygen atoms in total. The molecule has 21 heavy (non-hydrogen) atoms. The lowest BCUT2D eigenvalue weighted by atomic mass is 10.1. The number of H-pyrrole nitrogens is 1. The van der Waals surface area contributed by atoms with Crippen molar-refractivity contribution >= 4 is 22.5 Å². The van der Waals surface area contributed by atoms with Gasteiger partial charge in [-0.3, -0.25) is 4.39 Å². The third-order valence-electron chi connectivity index (χ3n) is 3.29. The molecule has 0 unspecified atom stereocenters. The number of aromatic nitrogens is 5. The minimum absolute atomic E-state index is 0.00353. The molecule has 0 saturated heterocycles. The molecule has 0 aliphatic rings. The normalized spacial score (nSPS) is 11.4. The Morgan fingerprint density at radius 2 is 2.19 bits per heavy atom. The predicted molar refractivity (Wildman–Crippen MR) is 75.3 cm³/mol. The van der Waals surface area contributed by atoms with Gasteiger partial charge in [-0.1, -0.05) is 11.6 Å². The molecule has 0 aliphatic heterocycles. The Morgan fingerprint density at radius 3 is 2.90 bits per heavy atom. The molecule has 1 aromatic carbocycles. The fourth-order valence-electron chi connectivity index (χ4n) is 2.35. The van der Waals surface area contributed by atoms with Crippen LogP contribution >= 0.6 is 11.6 Å². The largest absolute Gasteiger partial charge is 0.347 e. The Balaban J connectivity index is 2.17. The highest BCUT2D eigenvalue weighted by molar-refractivity contribution is 6.32. The third-order valence-corrected chi connectivity index (χ3v) is 3.57. The van der Waals surface area contributed by atoms with Crippen molar-refractivity contribution in [3.63, 3.8) is 0 Å². The maximum atomic E-state index is 14.4. The summed E-state index contributed by atoms with van der Waals surface area (Å²) in [6, 6.07) is 3.39. The van der Waals surface area contributed by atoms with Crippen LogP contribution < -0.4 is 0 Å². The van der Waals surface area contributed by atoms with Crippen LogP contribution in [-0.4, -0.2) is 31.9 Å². The van der Waals surface area contributed by atoms with Crippen LogP contribution in [0.25, 0.3) is 22.3 Å². The van der Waals surface area contributed by atoms with E-state index in [4.69, 9.17) is 11.6 Å². The summed E-state index contributed by atoms with van der Waals surface area (Å²) in [6.07, 6.45) is 2.95. The fraction of sp³-hybridized carbons (Fsp3) is 0.308. The molecule has 1 N–H and O–H groups in total. The van der Waals surface area contributed by atoms with Crippen molar-refractivity contribution in [3.8, 4) is 11.4 Å². The smallest absolute Gasteiger partial charge is 0.209 e. The molecule has 3 aromatic rings. The molecule has 0 aliphatic carbocycles. The minimum atomic E-state index is -0.587. The summed E-state index contributed by atoms with van der Waals surface area (Å²) in [7, 11) is 0. The van der Waals surface area contributed by atoms with Crippen LogP contribution in [0.1, 0.15) is 12.8 Å². The monoisotopic (exact) mass is 311 g/mol. The van der Waals surface area contributed by atoms with Crippen LogP contribution in [0, 0.1) is 5.82 Å². The molecule has 2 aromatic heterocycles. The summed E-state index contributed by atoms with van der Waals surface area (Å²) in [6.45, 7) is 0.219. The van der Waals surface area contributed by atoms with E-state index in [1.807, 2.05) is 16.8 Å². The molecule has 0 spiro atoms. The number of tetrazole rings is 1. The van der Waals surface area contributed by atoms with Crippen LogP contribution in [0.3, 0.4) is 0 Å². The average Bonchev–Trinajstić information content (AvgIpc) is 3.11. The molecule has 0 atom stereocenters. The Labute approximate surface area is 123 Å². The van der Waals surface area contributed by atoms with E-state index in [2.05, 4.69) is 20.6 Å². The summed E-state index contributed by atoms with van der Waals surface area (Å²) in [5.74, 6) is -0.443. The van der Waals surface area contributed by atoms with Crippen LogP contribution in [0.4, 0.5) is 8.78 Å². The number of alkyl halides is 1. The number of rotatable bonds is 5. The topological polar surface area (TPSA) is 59.4 Å². The lowest BCUT2D eigenvalue weighted by molar-refractivity contribution is 0.449. The molecule has 2 heterocycles.